The first-order valence-electron chi connectivity index (χ1n) is 6.21. The van der Waals surface area contributed by atoms with E-state index in [9.17, 15) is 0 Å². The minimum Gasteiger partial charge on any atom is -0.309 e. The molecule has 0 N–H and O–H groups in total. The van der Waals surface area contributed by atoms with Crippen LogP contribution < -0.4 is 10.6 Å². The molecule has 0 aliphatic carbocycles. The highest BCUT2D eigenvalue weighted by atomic mass is 14.9. The molecule has 0 atom stereocenters. The van der Waals surface area contributed by atoms with Crippen LogP contribution in [0.3, 0.4) is 0 Å². The maximum atomic E-state index is 4.26. The van der Waals surface area contributed by atoms with Crippen LogP contribution in [0.1, 0.15) is 6.92 Å². The van der Waals surface area contributed by atoms with Gasteiger partial charge in [-0.3, -0.25) is 0 Å². The second-order valence-electron chi connectivity index (χ2n) is 4.70. The number of hydrogen-bond acceptors (Lipinski definition) is 0. The first-order valence-corrected chi connectivity index (χ1v) is 6.21. The molecule has 4 rings (SSSR count). The molecule has 0 aliphatic heterocycles. The summed E-state index contributed by atoms with van der Waals surface area (Å²) < 4.78 is 2.29. The van der Waals surface area contributed by atoms with Gasteiger partial charge in [0.05, 0.1) is 11.0 Å². The molecule has 2 aromatic heterocycles. The number of fused-ring (bicyclic) bond motifs is 3. The van der Waals surface area contributed by atoms with E-state index in [0.717, 1.165) is 5.35 Å². The Bertz CT molecular complexity index is 989. The zero-order chi connectivity index (χ0) is 12.3. The van der Waals surface area contributed by atoms with Crippen molar-refractivity contribution in [3.63, 3.8) is 0 Å². The van der Waals surface area contributed by atoms with Crippen molar-refractivity contribution in [1.82, 2.24) is 4.40 Å². The van der Waals surface area contributed by atoms with Crippen LogP contribution in [-0.4, -0.2) is 4.40 Å². The van der Waals surface area contributed by atoms with Gasteiger partial charge in [0, 0.05) is 26.7 Å². The van der Waals surface area contributed by atoms with Gasteiger partial charge in [-0.2, -0.15) is 0 Å². The summed E-state index contributed by atoms with van der Waals surface area (Å²) in [4.78, 5) is 0. The van der Waals surface area contributed by atoms with Gasteiger partial charge in [-0.1, -0.05) is 49.1 Å². The predicted octanol–water partition coefficient (Wildman–Crippen LogP) is 2.89. The summed E-state index contributed by atoms with van der Waals surface area (Å²) in [6, 6.07) is 15.1. The van der Waals surface area contributed by atoms with Gasteiger partial charge in [-0.25, -0.2) is 0 Å². The number of para-hydroxylation sites is 2. The Morgan fingerprint density at radius 1 is 0.944 bits per heavy atom. The van der Waals surface area contributed by atoms with E-state index in [1.807, 2.05) is 0 Å². The minimum atomic E-state index is 1.09. The lowest BCUT2D eigenvalue weighted by molar-refractivity contribution is 1.22. The third-order valence-electron chi connectivity index (χ3n) is 3.85. The monoisotopic (exact) mass is 231 g/mol. The summed E-state index contributed by atoms with van der Waals surface area (Å²) in [6.45, 7) is 6.34. The first kappa shape index (κ1) is 9.72. The number of nitrogens with zero attached hydrogens (tertiary/aromatic N) is 1. The molecular formula is C17H13N. The molecule has 0 saturated carbocycles. The summed E-state index contributed by atoms with van der Waals surface area (Å²) in [5, 5.41) is 6.27. The maximum absolute atomic E-state index is 4.26. The fourth-order valence-electron chi connectivity index (χ4n) is 3.11. The molecule has 2 aromatic carbocycles. The Morgan fingerprint density at radius 2 is 1.67 bits per heavy atom. The Balaban J connectivity index is 2.58. The lowest BCUT2D eigenvalue weighted by Crippen LogP contribution is -2.23. The van der Waals surface area contributed by atoms with E-state index in [1.54, 1.807) is 0 Å². The van der Waals surface area contributed by atoms with Crippen LogP contribution in [0, 0.1) is 0 Å². The highest BCUT2D eigenvalue weighted by Crippen LogP contribution is 2.29. The minimum absolute atomic E-state index is 1.09. The standard InChI is InChI=1S/C17H13N/c1-3-12-11(2)18-16-10-5-4-7-13(16)15-9-6-8-14(12)17(15)18/h3-10H,2H2,1H3/b12-3+. The van der Waals surface area contributed by atoms with Crippen molar-refractivity contribution < 1.29 is 0 Å². The van der Waals surface area contributed by atoms with Crippen molar-refractivity contribution >= 4 is 39.8 Å². The molecule has 0 fully saturated rings. The lowest BCUT2D eigenvalue weighted by atomic mass is 10.1. The van der Waals surface area contributed by atoms with Gasteiger partial charge in [-0.05, 0) is 13.0 Å². The van der Waals surface area contributed by atoms with E-state index in [0.29, 0.717) is 0 Å². The van der Waals surface area contributed by atoms with Crippen molar-refractivity contribution in [3.05, 3.63) is 53.0 Å². The molecule has 0 saturated heterocycles. The quantitative estimate of drug-likeness (QED) is 0.438. The molecule has 0 bridgehead atoms. The van der Waals surface area contributed by atoms with Crippen LogP contribution in [0.25, 0.3) is 39.8 Å². The van der Waals surface area contributed by atoms with E-state index in [2.05, 4.69) is 66.4 Å². The van der Waals surface area contributed by atoms with Gasteiger partial charge in [0.1, 0.15) is 0 Å². The molecule has 0 unspecified atom stereocenters. The van der Waals surface area contributed by atoms with E-state index in [-0.39, 0.29) is 0 Å². The van der Waals surface area contributed by atoms with Gasteiger partial charge >= 0.3 is 0 Å². The smallest absolute Gasteiger partial charge is 0.0620 e. The number of rotatable bonds is 0. The topological polar surface area (TPSA) is 4.41 Å². The SMILES string of the molecule is C=c1/c(=C\C)c2cccc3c4ccccc4n1c23. The fourth-order valence-corrected chi connectivity index (χ4v) is 3.11. The van der Waals surface area contributed by atoms with Gasteiger partial charge in [-0.15, -0.1) is 0 Å². The molecule has 4 aromatic rings. The molecule has 0 aliphatic rings. The highest BCUT2D eigenvalue weighted by Gasteiger charge is 2.13. The second-order valence-corrected chi connectivity index (χ2v) is 4.70. The van der Waals surface area contributed by atoms with Crippen LogP contribution in [0.15, 0.2) is 42.5 Å². The zero-order valence-electron chi connectivity index (χ0n) is 10.3. The molecule has 1 heteroatoms. The van der Waals surface area contributed by atoms with Crippen molar-refractivity contribution in [2.45, 2.75) is 6.92 Å². The predicted molar refractivity (Wildman–Crippen MR) is 78.5 cm³/mol. The molecule has 1 nitrogen and oxygen atoms in total. The summed E-state index contributed by atoms with van der Waals surface area (Å²) in [6.07, 6.45) is 2.15. The number of benzene rings is 2. The van der Waals surface area contributed by atoms with E-state index < -0.39 is 0 Å². The molecule has 18 heavy (non-hydrogen) atoms. The molecular weight excluding hydrogens is 218 g/mol. The molecule has 2 heterocycles. The van der Waals surface area contributed by atoms with Gasteiger partial charge in [0.2, 0.25) is 0 Å². The third kappa shape index (κ3) is 0.935. The average molecular weight is 231 g/mol. The van der Waals surface area contributed by atoms with Gasteiger partial charge < -0.3 is 4.40 Å². The van der Waals surface area contributed by atoms with Gasteiger partial charge in [0.15, 0.2) is 0 Å². The largest absolute Gasteiger partial charge is 0.309 e. The first-order chi connectivity index (χ1) is 8.83. The normalized spacial score (nSPS) is 13.3. The Labute approximate surface area is 105 Å². The Hall–Kier alpha value is -2.28. The van der Waals surface area contributed by atoms with E-state index in [1.165, 1.54) is 32.4 Å². The fraction of sp³-hybridized carbons (Fsp3) is 0.0588. The van der Waals surface area contributed by atoms with Crippen LogP contribution in [0.4, 0.5) is 0 Å². The summed E-state index contributed by atoms with van der Waals surface area (Å²) in [5.74, 6) is 0. The van der Waals surface area contributed by atoms with Crippen LogP contribution in [-0.2, 0) is 0 Å². The average Bonchev–Trinajstić information content (AvgIpc) is 2.89. The van der Waals surface area contributed by atoms with E-state index in [4.69, 9.17) is 0 Å². The Morgan fingerprint density at radius 3 is 2.50 bits per heavy atom. The van der Waals surface area contributed by atoms with Crippen molar-refractivity contribution in [2.24, 2.45) is 0 Å². The van der Waals surface area contributed by atoms with Crippen molar-refractivity contribution in [1.29, 1.82) is 0 Å². The lowest BCUT2D eigenvalue weighted by Gasteiger charge is -1.92. The van der Waals surface area contributed by atoms with Crippen molar-refractivity contribution in [3.8, 4) is 0 Å². The summed E-state index contributed by atoms with van der Waals surface area (Å²) >= 11 is 0. The molecule has 0 amide bonds. The zero-order valence-corrected chi connectivity index (χ0v) is 10.3. The summed E-state index contributed by atoms with van der Waals surface area (Å²) in [7, 11) is 0. The second kappa shape index (κ2) is 3.14. The summed E-state index contributed by atoms with van der Waals surface area (Å²) in [5.41, 5.74) is 2.55. The van der Waals surface area contributed by atoms with Crippen molar-refractivity contribution in [2.75, 3.05) is 0 Å². The van der Waals surface area contributed by atoms with Crippen LogP contribution in [0.2, 0.25) is 0 Å². The molecule has 0 spiro atoms. The molecule has 0 radical (unpaired) electrons. The third-order valence-corrected chi connectivity index (χ3v) is 3.85. The number of aromatic nitrogens is 1. The Kier molecular flexibility index (Phi) is 1.69. The number of hydrogen-bond donors (Lipinski definition) is 0. The van der Waals surface area contributed by atoms with Crippen LogP contribution in [0.5, 0.6) is 0 Å². The maximum Gasteiger partial charge on any atom is 0.0620 e. The van der Waals surface area contributed by atoms with Gasteiger partial charge in [0.25, 0.3) is 0 Å². The molecule has 86 valence electrons. The van der Waals surface area contributed by atoms with E-state index >= 15 is 0 Å². The van der Waals surface area contributed by atoms with Crippen LogP contribution >= 0.6 is 0 Å². The highest BCUT2D eigenvalue weighted by molar-refractivity contribution is 6.14.